The van der Waals surface area contributed by atoms with Crippen molar-refractivity contribution in [2.45, 2.75) is 44.9 Å². The molecule has 1 aliphatic rings. The molecule has 14 heavy (non-hydrogen) atoms. The molecular formula is C10H21NO2S. The Kier molecular flexibility index (Phi) is 3.95. The lowest BCUT2D eigenvalue weighted by atomic mass is 10.2. The van der Waals surface area contributed by atoms with Crippen LogP contribution in [-0.4, -0.2) is 32.0 Å². The van der Waals surface area contributed by atoms with Crippen molar-refractivity contribution < 1.29 is 8.42 Å². The van der Waals surface area contributed by atoms with Gasteiger partial charge >= 0.3 is 0 Å². The Morgan fingerprint density at radius 1 is 1.29 bits per heavy atom. The second-order valence-corrected chi connectivity index (χ2v) is 7.17. The Balaban J connectivity index is 2.20. The molecule has 1 fully saturated rings. The van der Waals surface area contributed by atoms with Gasteiger partial charge in [0.25, 0.3) is 0 Å². The molecule has 3 nitrogen and oxygen atoms in total. The van der Waals surface area contributed by atoms with Crippen molar-refractivity contribution in [3.05, 3.63) is 0 Å². The molecule has 0 bridgehead atoms. The van der Waals surface area contributed by atoms with Gasteiger partial charge in [0.2, 0.25) is 0 Å². The molecule has 0 radical (unpaired) electrons. The van der Waals surface area contributed by atoms with Crippen LogP contribution in [0.2, 0.25) is 0 Å². The fourth-order valence-corrected chi connectivity index (χ4v) is 2.30. The van der Waals surface area contributed by atoms with Gasteiger partial charge in [0.1, 0.15) is 0 Å². The first kappa shape index (κ1) is 12.0. The molecule has 1 saturated carbocycles. The third kappa shape index (κ3) is 3.58. The van der Waals surface area contributed by atoms with Crippen LogP contribution in [0, 0.1) is 5.92 Å². The molecule has 0 aliphatic heterocycles. The van der Waals surface area contributed by atoms with E-state index in [0.29, 0.717) is 12.6 Å². The van der Waals surface area contributed by atoms with Crippen LogP contribution in [0.25, 0.3) is 0 Å². The molecule has 0 saturated heterocycles. The van der Waals surface area contributed by atoms with Crippen molar-refractivity contribution in [3.63, 3.8) is 0 Å². The van der Waals surface area contributed by atoms with E-state index in [4.69, 9.17) is 0 Å². The molecule has 1 rings (SSSR count). The Bertz CT molecular complexity index is 268. The molecular weight excluding hydrogens is 198 g/mol. The minimum absolute atomic E-state index is 0.250. The fraction of sp³-hybridized carbons (Fsp3) is 1.00. The summed E-state index contributed by atoms with van der Waals surface area (Å²) in [5, 5.41) is 3.03. The zero-order valence-corrected chi connectivity index (χ0v) is 10.1. The van der Waals surface area contributed by atoms with Gasteiger partial charge in [-0.15, -0.1) is 0 Å². The van der Waals surface area contributed by atoms with E-state index in [1.165, 1.54) is 12.8 Å². The van der Waals surface area contributed by atoms with E-state index in [9.17, 15) is 8.42 Å². The molecule has 1 atom stereocenters. The average molecular weight is 219 g/mol. The predicted octanol–water partition coefficient (Wildman–Crippen LogP) is 1.20. The molecule has 1 aliphatic carbocycles. The Hall–Kier alpha value is -0.0900. The Morgan fingerprint density at radius 2 is 1.86 bits per heavy atom. The molecule has 0 heterocycles. The van der Waals surface area contributed by atoms with Crippen molar-refractivity contribution in [2.24, 2.45) is 5.92 Å². The van der Waals surface area contributed by atoms with Crippen LogP contribution in [-0.2, 0) is 9.84 Å². The quantitative estimate of drug-likeness (QED) is 0.730. The fourth-order valence-electron chi connectivity index (χ4n) is 1.43. The molecule has 0 aromatic carbocycles. The minimum Gasteiger partial charge on any atom is -0.313 e. The van der Waals surface area contributed by atoms with Gasteiger partial charge < -0.3 is 5.32 Å². The van der Waals surface area contributed by atoms with Gasteiger partial charge in [0, 0.05) is 12.6 Å². The normalized spacial score (nSPS) is 20.0. The number of hydrogen-bond donors (Lipinski definition) is 1. The predicted molar refractivity (Wildman–Crippen MR) is 59.1 cm³/mol. The zero-order valence-electron chi connectivity index (χ0n) is 9.29. The number of sulfone groups is 1. The Morgan fingerprint density at radius 3 is 2.29 bits per heavy atom. The van der Waals surface area contributed by atoms with Gasteiger partial charge in [-0.25, -0.2) is 8.42 Å². The minimum atomic E-state index is -2.86. The highest BCUT2D eigenvalue weighted by Crippen LogP contribution is 2.32. The van der Waals surface area contributed by atoms with Crippen LogP contribution >= 0.6 is 0 Å². The molecule has 0 spiro atoms. The van der Waals surface area contributed by atoms with E-state index >= 15 is 0 Å². The van der Waals surface area contributed by atoms with E-state index in [2.05, 4.69) is 12.2 Å². The van der Waals surface area contributed by atoms with Gasteiger partial charge in [0.05, 0.1) is 11.0 Å². The first-order valence-corrected chi connectivity index (χ1v) is 7.10. The second kappa shape index (κ2) is 4.62. The van der Waals surface area contributed by atoms with Gasteiger partial charge in [-0.05, 0) is 39.5 Å². The van der Waals surface area contributed by atoms with E-state index in [0.717, 1.165) is 5.92 Å². The van der Waals surface area contributed by atoms with Gasteiger partial charge in [-0.1, -0.05) is 0 Å². The highest BCUT2D eigenvalue weighted by Gasteiger charge is 2.27. The summed E-state index contributed by atoms with van der Waals surface area (Å²) < 4.78 is 22.9. The smallest absolute Gasteiger partial charge is 0.153 e. The lowest BCUT2D eigenvalue weighted by molar-refractivity contribution is 0.508. The average Bonchev–Trinajstić information content (AvgIpc) is 2.85. The van der Waals surface area contributed by atoms with Crippen LogP contribution in [0.3, 0.4) is 0 Å². The summed E-state index contributed by atoms with van der Waals surface area (Å²) >= 11 is 0. The molecule has 84 valence electrons. The summed E-state index contributed by atoms with van der Waals surface area (Å²) in [5.41, 5.74) is 0. The maximum atomic E-state index is 11.5. The van der Waals surface area contributed by atoms with E-state index < -0.39 is 9.84 Å². The standard InChI is InChI=1S/C10H21NO2S/c1-8(2)14(12,13)7-6-11-9(3)10-4-5-10/h8-11H,4-7H2,1-3H3. The number of rotatable bonds is 6. The lowest BCUT2D eigenvalue weighted by Crippen LogP contribution is -2.34. The Labute approximate surface area is 87.2 Å². The SMILES string of the molecule is CC(NCCS(=O)(=O)C(C)C)C1CC1. The third-order valence-electron chi connectivity index (χ3n) is 2.90. The topological polar surface area (TPSA) is 46.2 Å². The van der Waals surface area contributed by atoms with Gasteiger partial charge in [-0.3, -0.25) is 0 Å². The summed E-state index contributed by atoms with van der Waals surface area (Å²) in [7, 11) is -2.86. The van der Waals surface area contributed by atoms with Crippen molar-refractivity contribution in [3.8, 4) is 0 Å². The van der Waals surface area contributed by atoms with Crippen molar-refractivity contribution in [1.29, 1.82) is 0 Å². The molecule has 0 aromatic rings. The van der Waals surface area contributed by atoms with E-state index in [1.807, 2.05) is 0 Å². The van der Waals surface area contributed by atoms with Crippen LogP contribution in [0.15, 0.2) is 0 Å². The number of hydrogen-bond acceptors (Lipinski definition) is 3. The maximum absolute atomic E-state index is 11.5. The monoisotopic (exact) mass is 219 g/mol. The highest BCUT2D eigenvalue weighted by atomic mass is 32.2. The molecule has 4 heteroatoms. The van der Waals surface area contributed by atoms with Crippen molar-refractivity contribution in [1.82, 2.24) is 5.32 Å². The summed E-state index contributed by atoms with van der Waals surface area (Å²) in [6.45, 7) is 6.21. The summed E-state index contributed by atoms with van der Waals surface area (Å²) in [4.78, 5) is 0. The first-order valence-electron chi connectivity index (χ1n) is 5.38. The lowest BCUT2D eigenvalue weighted by Gasteiger charge is -2.13. The van der Waals surface area contributed by atoms with Crippen LogP contribution in [0.1, 0.15) is 33.6 Å². The van der Waals surface area contributed by atoms with Gasteiger partial charge in [-0.2, -0.15) is 0 Å². The second-order valence-electron chi connectivity index (χ2n) is 4.50. The first-order chi connectivity index (χ1) is 6.43. The molecule has 0 aromatic heterocycles. The van der Waals surface area contributed by atoms with Crippen LogP contribution in [0.5, 0.6) is 0 Å². The molecule has 1 unspecified atom stereocenters. The third-order valence-corrected chi connectivity index (χ3v) is 5.11. The summed E-state index contributed by atoms with van der Waals surface area (Å²) in [5.74, 6) is 1.05. The van der Waals surface area contributed by atoms with Gasteiger partial charge in [0.15, 0.2) is 9.84 Å². The van der Waals surface area contributed by atoms with Crippen LogP contribution < -0.4 is 5.32 Å². The van der Waals surface area contributed by atoms with E-state index in [-0.39, 0.29) is 11.0 Å². The van der Waals surface area contributed by atoms with Crippen molar-refractivity contribution >= 4 is 9.84 Å². The molecule has 1 N–H and O–H groups in total. The maximum Gasteiger partial charge on any atom is 0.153 e. The number of nitrogens with one attached hydrogen (secondary N) is 1. The highest BCUT2D eigenvalue weighted by molar-refractivity contribution is 7.92. The summed E-state index contributed by atoms with van der Waals surface area (Å²) in [6.07, 6.45) is 2.59. The van der Waals surface area contributed by atoms with Crippen molar-refractivity contribution in [2.75, 3.05) is 12.3 Å². The largest absolute Gasteiger partial charge is 0.313 e. The van der Waals surface area contributed by atoms with E-state index in [1.54, 1.807) is 13.8 Å². The molecule has 0 amide bonds. The van der Waals surface area contributed by atoms with Crippen LogP contribution in [0.4, 0.5) is 0 Å². The zero-order chi connectivity index (χ0) is 10.8. The summed E-state index contributed by atoms with van der Waals surface area (Å²) in [6, 6.07) is 0.484.